The first-order valence-corrected chi connectivity index (χ1v) is 24.2. The number of benzene rings is 11. The number of para-hydroxylation sites is 2. The second kappa shape index (κ2) is 15.3. The Morgan fingerprint density at radius 1 is 0.397 bits per heavy atom. The first-order chi connectivity index (χ1) is 33.8. The first kappa shape index (κ1) is 38.7. The molecule has 2 heterocycles. The summed E-state index contributed by atoms with van der Waals surface area (Å²) in [6.07, 6.45) is 0. The summed E-state index contributed by atoms with van der Waals surface area (Å²) >= 11 is 1.87. The largest absolute Gasteiger partial charge is 0.310 e. The van der Waals surface area contributed by atoms with Gasteiger partial charge in [0.2, 0.25) is 0 Å². The predicted octanol–water partition coefficient (Wildman–Crippen LogP) is 17.8. The summed E-state index contributed by atoms with van der Waals surface area (Å²) in [5.41, 5.74) is 16.3. The molecule has 2 aromatic heterocycles. The van der Waals surface area contributed by atoms with E-state index in [1.165, 1.54) is 97.3 Å². The van der Waals surface area contributed by atoms with Crippen molar-refractivity contribution in [2.24, 2.45) is 0 Å². The highest BCUT2D eigenvalue weighted by Gasteiger charge is 2.47. The van der Waals surface area contributed by atoms with Gasteiger partial charge < -0.3 is 9.47 Å². The minimum atomic E-state index is -0.523. The number of aromatic nitrogens is 1. The standard InChI is InChI=1S/C65H42N2S/c1-5-21-45(22-6-1)65(46-23-7-2-8-24-46)56-32-17-15-31-52(56)63-57(65)33-19-34-59(63)66(47-25-9-3-10-26-47)49-37-38-58-55(42-49)62-53(44-36-39-61-54(41-44)51-30-16-18-35-60(51)68-61)40-43-20-13-14-29-50(43)64(62)67(58)48-27-11-4-12-28-48/h1-42H. The van der Waals surface area contributed by atoms with Crippen LogP contribution in [-0.4, -0.2) is 4.57 Å². The molecular formula is C65H42N2S. The van der Waals surface area contributed by atoms with Crippen LogP contribution in [0, 0.1) is 0 Å². The van der Waals surface area contributed by atoms with Gasteiger partial charge in [0.05, 0.1) is 22.1 Å². The van der Waals surface area contributed by atoms with Gasteiger partial charge in [-0.25, -0.2) is 0 Å². The van der Waals surface area contributed by atoms with Crippen molar-refractivity contribution >= 4 is 81.1 Å². The molecule has 0 radical (unpaired) electrons. The quantitative estimate of drug-likeness (QED) is 0.155. The van der Waals surface area contributed by atoms with E-state index >= 15 is 0 Å². The van der Waals surface area contributed by atoms with Gasteiger partial charge >= 0.3 is 0 Å². The Bertz CT molecular complexity index is 4040. The number of nitrogens with zero attached hydrogens (tertiary/aromatic N) is 2. The van der Waals surface area contributed by atoms with Crippen LogP contribution in [-0.2, 0) is 5.41 Å². The normalized spacial score (nSPS) is 12.8. The summed E-state index contributed by atoms with van der Waals surface area (Å²) in [7, 11) is 0. The van der Waals surface area contributed by atoms with E-state index < -0.39 is 5.41 Å². The summed E-state index contributed by atoms with van der Waals surface area (Å²) in [5.74, 6) is 0. The van der Waals surface area contributed by atoms with Gasteiger partial charge in [0, 0.05) is 59.0 Å². The van der Waals surface area contributed by atoms with Crippen LogP contribution < -0.4 is 4.90 Å². The Balaban J connectivity index is 1.09. The van der Waals surface area contributed by atoms with Crippen molar-refractivity contribution < 1.29 is 0 Å². The summed E-state index contributed by atoms with van der Waals surface area (Å²) in [5, 5.41) is 7.49. The minimum Gasteiger partial charge on any atom is -0.310 e. The first-order valence-electron chi connectivity index (χ1n) is 23.4. The van der Waals surface area contributed by atoms with Gasteiger partial charge in [-0.05, 0) is 117 Å². The molecule has 0 amide bonds. The molecule has 0 aliphatic heterocycles. The van der Waals surface area contributed by atoms with Crippen LogP contribution in [0.25, 0.3) is 80.7 Å². The third-order valence-electron chi connectivity index (χ3n) is 14.4. The zero-order valence-electron chi connectivity index (χ0n) is 37.1. The van der Waals surface area contributed by atoms with Crippen LogP contribution in [0.5, 0.6) is 0 Å². The Morgan fingerprint density at radius 3 is 1.81 bits per heavy atom. The lowest BCUT2D eigenvalue weighted by Gasteiger charge is -2.34. The van der Waals surface area contributed by atoms with E-state index in [4.69, 9.17) is 0 Å². The van der Waals surface area contributed by atoms with Crippen molar-refractivity contribution in [1.29, 1.82) is 0 Å². The SMILES string of the molecule is c1ccc(N(c2ccc3c(c2)c2c(-c4ccc5sc6ccccc6c5c4)cc4ccccc4c2n3-c2ccccc2)c2cccc3c2-c2ccccc2C3(c2ccccc2)c2ccccc2)cc1. The number of rotatable bonds is 7. The molecule has 318 valence electrons. The zero-order valence-corrected chi connectivity index (χ0v) is 37.9. The average Bonchev–Trinajstić information content (AvgIpc) is 4.06. The Hall–Kier alpha value is -8.50. The fourth-order valence-corrected chi connectivity index (χ4v) is 12.7. The molecule has 1 aliphatic carbocycles. The maximum Gasteiger partial charge on any atom is 0.0714 e. The van der Waals surface area contributed by atoms with E-state index in [0.717, 1.165) is 22.7 Å². The molecule has 0 atom stereocenters. The monoisotopic (exact) mass is 882 g/mol. The third-order valence-corrected chi connectivity index (χ3v) is 15.6. The molecule has 1 aliphatic rings. The van der Waals surface area contributed by atoms with Crippen LogP contribution >= 0.6 is 11.3 Å². The second-order valence-corrected chi connectivity index (χ2v) is 19.0. The molecule has 0 spiro atoms. The summed E-state index contributed by atoms with van der Waals surface area (Å²) in [6, 6.07) is 94.4. The van der Waals surface area contributed by atoms with Gasteiger partial charge in [-0.15, -0.1) is 11.3 Å². The van der Waals surface area contributed by atoms with E-state index in [1.54, 1.807) is 0 Å². The van der Waals surface area contributed by atoms with E-state index in [0.29, 0.717) is 0 Å². The number of hydrogen-bond donors (Lipinski definition) is 0. The zero-order chi connectivity index (χ0) is 44.8. The van der Waals surface area contributed by atoms with Crippen molar-refractivity contribution in [2.75, 3.05) is 4.90 Å². The van der Waals surface area contributed by atoms with Crippen LogP contribution in [0.1, 0.15) is 22.3 Å². The number of fused-ring (bicyclic) bond motifs is 11. The molecule has 0 unspecified atom stereocenters. The molecule has 0 saturated carbocycles. The summed E-state index contributed by atoms with van der Waals surface area (Å²) < 4.78 is 5.12. The molecule has 3 heteroatoms. The molecule has 14 rings (SSSR count). The molecule has 0 fully saturated rings. The lowest BCUT2D eigenvalue weighted by Crippen LogP contribution is -2.28. The minimum absolute atomic E-state index is 0.523. The lowest BCUT2D eigenvalue weighted by atomic mass is 9.68. The van der Waals surface area contributed by atoms with Crippen LogP contribution in [0.2, 0.25) is 0 Å². The molecule has 0 N–H and O–H groups in total. The molecule has 11 aromatic carbocycles. The maximum absolute atomic E-state index is 2.50. The highest BCUT2D eigenvalue weighted by Crippen LogP contribution is 2.59. The smallest absolute Gasteiger partial charge is 0.0714 e. The van der Waals surface area contributed by atoms with Gasteiger partial charge in [0.1, 0.15) is 0 Å². The van der Waals surface area contributed by atoms with E-state index in [9.17, 15) is 0 Å². The highest BCUT2D eigenvalue weighted by atomic mass is 32.1. The van der Waals surface area contributed by atoms with Gasteiger partial charge in [0.15, 0.2) is 0 Å². The second-order valence-electron chi connectivity index (χ2n) is 17.9. The lowest BCUT2D eigenvalue weighted by molar-refractivity contribution is 0.768. The Morgan fingerprint density at radius 2 is 1.03 bits per heavy atom. The van der Waals surface area contributed by atoms with E-state index in [1.807, 2.05) is 11.3 Å². The molecule has 13 aromatic rings. The maximum atomic E-state index is 2.50. The number of hydrogen-bond acceptors (Lipinski definition) is 2. The van der Waals surface area contributed by atoms with Crippen LogP contribution in [0.15, 0.2) is 255 Å². The van der Waals surface area contributed by atoms with Crippen molar-refractivity contribution in [3.8, 4) is 27.9 Å². The van der Waals surface area contributed by atoms with Crippen molar-refractivity contribution in [3.63, 3.8) is 0 Å². The summed E-state index contributed by atoms with van der Waals surface area (Å²) in [6.45, 7) is 0. The molecule has 68 heavy (non-hydrogen) atoms. The average molecular weight is 883 g/mol. The van der Waals surface area contributed by atoms with Crippen molar-refractivity contribution in [3.05, 3.63) is 277 Å². The van der Waals surface area contributed by atoms with Crippen LogP contribution in [0.4, 0.5) is 17.1 Å². The number of anilines is 3. The highest BCUT2D eigenvalue weighted by molar-refractivity contribution is 7.25. The third kappa shape index (κ3) is 5.63. The molecular weight excluding hydrogens is 841 g/mol. The van der Waals surface area contributed by atoms with Crippen molar-refractivity contribution in [1.82, 2.24) is 4.57 Å². The topological polar surface area (TPSA) is 8.17 Å². The number of thiophene rings is 1. The molecule has 2 nitrogen and oxygen atoms in total. The van der Waals surface area contributed by atoms with Gasteiger partial charge in [0.25, 0.3) is 0 Å². The summed E-state index contributed by atoms with van der Waals surface area (Å²) in [4.78, 5) is 2.50. The molecule has 0 bridgehead atoms. The Kier molecular flexibility index (Phi) is 8.71. The van der Waals surface area contributed by atoms with Gasteiger partial charge in [-0.3, -0.25) is 0 Å². The Labute approximate surface area is 398 Å². The van der Waals surface area contributed by atoms with Crippen LogP contribution in [0.3, 0.4) is 0 Å². The molecule has 0 saturated heterocycles. The van der Waals surface area contributed by atoms with E-state index in [-0.39, 0.29) is 0 Å². The van der Waals surface area contributed by atoms with Gasteiger partial charge in [-0.2, -0.15) is 0 Å². The fourth-order valence-electron chi connectivity index (χ4n) is 11.6. The van der Waals surface area contributed by atoms with Crippen molar-refractivity contribution in [2.45, 2.75) is 5.41 Å². The van der Waals surface area contributed by atoms with E-state index in [2.05, 4.69) is 264 Å². The fraction of sp³-hybridized carbons (Fsp3) is 0.0154. The predicted molar refractivity (Wildman–Crippen MR) is 289 cm³/mol. The van der Waals surface area contributed by atoms with Gasteiger partial charge in [-0.1, -0.05) is 182 Å².